The van der Waals surface area contributed by atoms with Gasteiger partial charge in [0.05, 0.1) is 5.69 Å². The average molecular weight is 303 g/mol. The Bertz CT molecular complexity index is 655. The summed E-state index contributed by atoms with van der Waals surface area (Å²) in [6.45, 7) is 2.90. The summed E-state index contributed by atoms with van der Waals surface area (Å²) in [6, 6.07) is 9.75. The molecule has 0 saturated heterocycles. The number of nitrogens with zero attached hydrogens (tertiary/aromatic N) is 3. The fourth-order valence-corrected chi connectivity index (χ4v) is 2.48. The minimum absolute atomic E-state index is 0.454. The zero-order valence-corrected chi connectivity index (χ0v) is 12.9. The molecule has 0 unspecified atom stereocenters. The molecule has 110 valence electrons. The Kier molecular flexibility index (Phi) is 5.24. The molecule has 0 radical (unpaired) electrons. The highest BCUT2D eigenvalue weighted by Gasteiger charge is 2.16. The molecule has 0 aliphatic carbocycles. The van der Waals surface area contributed by atoms with Crippen molar-refractivity contribution in [3.8, 4) is 6.07 Å². The van der Waals surface area contributed by atoms with Crippen LogP contribution >= 0.6 is 11.6 Å². The van der Waals surface area contributed by atoms with Gasteiger partial charge in [0.25, 0.3) is 0 Å². The number of aromatic nitrogens is 2. The number of aryl methyl sites for hydroxylation is 1. The molecule has 21 heavy (non-hydrogen) atoms. The first-order valence-corrected chi connectivity index (χ1v) is 7.53. The number of hydrogen-bond donors (Lipinski definition) is 1. The first-order chi connectivity index (χ1) is 10.2. The van der Waals surface area contributed by atoms with Gasteiger partial charge in [-0.1, -0.05) is 49.6 Å². The van der Waals surface area contributed by atoms with Gasteiger partial charge in [-0.3, -0.25) is 0 Å². The van der Waals surface area contributed by atoms with E-state index in [0.717, 1.165) is 31.4 Å². The van der Waals surface area contributed by atoms with Gasteiger partial charge in [0.2, 0.25) is 0 Å². The zero-order chi connectivity index (χ0) is 15.2. The Morgan fingerprint density at radius 2 is 2.10 bits per heavy atom. The molecule has 2 aromatic rings. The lowest BCUT2D eigenvalue weighted by atomic mass is 10.1. The standard InChI is InChI=1S/C16H19ClN4/c1-2-3-6-9-21-16(19)13(11-18)15(20-21)10-12-7-4-5-8-14(12)17/h4-5,7-8H,2-3,6,9-10,19H2,1H3. The molecule has 0 fully saturated rings. The molecule has 0 atom stereocenters. The highest BCUT2D eigenvalue weighted by Crippen LogP contribution is 2.23. The molecule has 4 nitrogen and oxygen atoms in total. The first kappa shape index (κ1) is 15.4. The van der Waals surface area contributed by atoms with Crippen LogP contribution in [0.1, 0.15) is 43.0 Å². The smallest absolute Gasteiger partial charge is 0.140 e. The molecule has 0 aliphatic heterocycles. The van der Waals surface area contributed by atoms with E-state index < -0.39 is 0 Å². The Balaban J connectivity index is 2.25. The maximum absolute atomic E-state index is 9.32. The number of anilines is 1. The molecule has 0 aliphatic rings. The van der Waals surface area contributed by atoms with E-state index in [1.54, 1.807) is 4.68 Å². The summed E-state index contributed by atoms with van der Waals surface area (Å²) in [6.07, 6.45) is 3.80. The van der Waals surface area contributed by atoms with Crippen LogP contribution < -0.4 is 5.73 Å². The van der Waals surface area contributed by atoms with E-state index in [9.17, 15) is 5.26 Å². The van der Waals surface area contributed by atoms with Crippen LogP contribution in [0.4, 0.5) is 5.82 Å². The molecule has 2 N–H and O–H groups in total. The second-order valence-corrected chi connectivity index (χ2v) is 5.42. The van der Waals surface area contributed by atoms with Gasteiger partial charge >= 0.3 is 0 Å². The molecule has 5 heteroatoms. The number of unbranched alkanes of at least 4 members (excludes halogenated alkanes) is 2. The number of hydrogen-bond acceptors (Lipinski definition) is 3. The molecule has 2 rings (SSSR count). The SMILES string of the molecule is CCCCCn1nc(Cc2ccccc2Cl)c(C#N)c1N. The van der Waals surface area contributed by atoms with Gasteiger partial charge in [0, 0.05) is 18.0 Å². The van der Waals surface area contributed by atoms with Gasteiger partial charge in [-0.25, -0.2) is 4.68 Å². The summed E-state index contributed by atoms with van der Waals surface area (Å²) in [5.74, 6) is 0.454. The lowest BCUT2D eigenvalue weighted by Crippen LogP contribution is -2.05. The summed E-state index contributed by atoms with van der Waals surface area (Å²) in [4.78, 5) is 0. The largest absolute Gasteiger partial charge is 0.383 e. The maximum Gasteiger partial charge on any atom is 0.140 e. The van der Waals surface area contributed by atoms with Gasteiger partial charge in [-0.15, -0.1) is 0 Å². The molecule has 0 amide bonds. The van der Waals surface area contributed by atoms with Gasteiger partial charge < -0.3 is 5.73 Å². The number of rotatable bonds is 6. The van der Waals surface area contributed by atoms with Crippen molar-refractivity contribution in [2.45, 2.75) is 39.2 Å². The highest BCUT2D eigenvalue weighted by atomic mass is 35.5. The Hall–Kier alpha value is -1.99. The van der Waals surface area contributed by atoms with Crippen LogP contribution in [0.15, 0.2) is 24.3 Å². The fraction of sp³-hybridized carbons (Fsp3) is 0.375. The van der Waals surface area contributed by atoms with Crippen LogP contribution in [-0.2, 0) is 13.0 Å². The van der Waals surface area contributed by atoms with E-state index in [4.69, 9.17) is 17.3 Å². The van der Waals surface area contributed by atoms with Crippen molar-refractivity contribution in [2.24, 2.45) is 0 Å². The number of nitriles is 1. The summed E-state index contributed by atoms with van der Waals surface area (Å²) in [7, 11) is 0. The van der Waals surface area contributed by atoms with Crippen LogP contribution in [0.3, 0.4) is 0 Å². The van der Waals surface area contributed by atoms with Gasteiger partial charge in [-0.2, -0.15) is 10.4 Å². The van der Waals surface area contributed by atoms with Gasteiger partial charge in [0.1, 0.15) is 17.5 Å². The van der Waals surface area contributed by atoms with E-state index in [-0.39, 0.29) is 0 Å². The van der Waals surface area contributed by atoms with Gasteiger partial charge in [-0.05, 0) is 18.1 Å². The third kappa shape index (κ3) is 3.56. The minimum atomic E-state index is 0.454. The molecule has 1 heterocycles. The van der Waals surface area contributed by atoms with Crippen LogP contribution in [0.2, 0.25) is 5.02 Å². The monoisotopic (exact) mass is 302 g/mol. The van der Waals surface area contributed by atoms with E-state index in [1.807, 2.05) is 24.3 Å². The van der Waals surface area contributed by atoms with Gasteiger partial charge in [0.15, 0.2) is 0 Å². The van der Waals surface area contributed by atoms with Crippen molar-refractivity contribution in [3.05, 3.63) is 46.1 Å². The van der Waals surface area contributed by atoms with E-state index in [2.05, 4.69) is 18.1 Å². The van der Waals surface area contributed by atoms with Crippen molar-refractivity contribution < 1.29 is 0 Å². The van der Waals surface area contributed by atoms with Crippen LogP contribution in [0, 0.1) is 11.3 Å². The molecule has 1 aromatic heterocycles. The van der Waals surface area contributed by atoms with Crippen molar-refractivity contribution in [2.75, 3.05) is 5.73 Å². The highest BCUT2D eigenvalue weighted by molar-refractivity contribution is 6.31. The third-order valence-electron chi connectivity index (χ3n) is 3.47. The lowest BCUT2D eigenvalue weighted by Gasteiger charge is -2.02. The number of nitrogens with two attached hydrogens (primary N) is 1. The lowest BCUT2D eigenvalue weighted by molar-refractivity contribution is 0.555. The quantitative estimate of drug-likeness (QED) is 0.826. The second kappa shape index (κ2) is 7.14. The molecule has 0 bridgehead atoms. The Morgan fingerprint density at radius 3 is 2.76 bits per heavy atom. The predicted octanol–water partition coefficient (Wildman–Crippen LogP) is 3.77. The molecule has 0 spiro atoms. The number of nitrogen functional groups attached to an aromatic ring is 1. The van der Waals surface area contributed by atoms with E-state index >= 15 is 0 Å². The molecule has 1 aromatic carbocycles. The summed E-state index contributed by atoms with van der Waals surface area (Å²) in [5, 5.41) is 14.5. The van der Waals surface area contributed by atoms with Crippen molar-refractivity contribution in [1.29, 1.82) is 5.26 Å². The van der Waals surface area contributed by atoms with Crippen molar-refractivity contribution >= 4 is 17.4 Å². The number of halogens is 1. The van der Waals surface area contributed by atoms with Crippen LogP contribution in [-0.4, -0.2) is 9.78 Å². The predicted molar refractivity (Wildman–Crippen MR) is 85.1 cm³/mol. The zero-order valence-electron chi connectivity index (χ0n) is 12.1. The third-order valence-corrected chi connectivity index (χ3v) is 3.83. The fourth-order valence-electron chi connectivity index (χ4n) is 2.28. The van der Waals surface area contributed by atoms with Crippen LogP contribution in [0.25, 0.3) is 0 Å². The second-order valence-electron chi connectivity index (χ2n) is 5.02. The Labute approximate surface area is 130 Å². The van der Waals surface area contributed by atoms with Crippen molar-refractivity contribution in [3.63, 3.8) is 0 Å². The molecular weight excluding hydrogens is 284 g/mol. The first-order valence-electron chi connectivity index (χ1n) is 7.16. The van der Waals surface area contributed by atoms with Crippen molar-refractivity contribution in [1.82, 2.24) is 9.78 Å². The van der Waals surface area contributed by atoms with Crippen LogP contribution in [0.5, 0.6) is 0 Å². The summed E-state index contributed by atoms with van der Waals surface area (Å²) in [5.41, 5.74) is 8.14. The topological polar surface area (TPSA) is 67.6 Å². The molecule has 0 saturated carbocycles. The number of benzene rings is 1. The Morgan fingerprint density at radius 1 is 1.33 bits per heavy atom. The normalized spacial score (nSPS) is 10.5. The summed E-state index contributed by atoms with van der Waals surface area (Å²) >= 11 is 6.17. The van der Waals surface area contributed by atoms with E-state index in [1.165, 1.54) is 0 Å². The van der Waals surface area contributed by atoms with E-state index in [0.29, 0.717) is 28.5 Å². The maximum atomic E-state index is 9.32. The average Bonchev–Trinajstić information content (AvgIpc) is 2.77. The molecular formula is C16H19ClN4. The minimum Gasteiger partial charge on any atom is -0.383 e. The summed E-state index contributed by atoms with van der Waals surface area (Å²) < 4.78 is 1.74.